The quantitative estimate of drug-likeness (QED) is 0.655. The van der Waals surface area contributed by atoms with Crippen LogP contribution in [-0.2, 0) is 0 Å². The summed E-state index contributed by atoms with van der Waals surface area (Å²) < 4.78 is 4.00. The second kappa shape index (κ2) is 5.06. The minimum absolute atomic E-state index is 0.277. The molecule has 19 heavy (non-hydrogen) atoms. The van der Waals surface area contributed by atoms with E-state index >= 15 is 0 Å². The monoisotopic (exact) mass is 250 g/mol. The predicted molar refractivity (Wildman–Crippen MR) is 74.0 cm³/mol. The number of aromatic nitrogens is 3. The van der Waals surface area contributed by atoms with Gasteiger partial charge in [0, 0.05) is 5.10 Å². The zero-order chi connectivity index (χ0) is 13.1. The van der Waals surface area contributed by atoms with Crippen LogP contribution in [0.5, 0.6) is 0 Å². The van der Waals surface area contributed by atoms with Gasteiger partial charge >= 0.3 is 0 Å². The lowest BCUT2D eigenvalue weighted by Gasteiger charge is -2.07. The summed E-state index contributed by atoms with van der Waals surface area (Å²) in [4.78, 5) is 0. The van der Waals surface area contributed by atoms with Gasteiger partial charge in [-0.25, -0.2) is 4.57 Å². The minimum atomic E-state index is 0.277. The average molecular weight is 250 g/mol. The molecule has 0 aliphatic heterocycles. The zero-order valence-corrected chi connectivity index (χ0v) is 10.8. The molecule has 1 aromatic heterocycles. The second-order valence-electron chi connectivity index (χ2n) is 4.56. The van der Waals surface area contributed by atoms with Crippen molar-refractivity contribution in [2.45, 2.75) is 13.0 Å². The van der Waals surface area contributed by atoms with Crippen LogP contribution in [0.1, 0.15) is 18.5 Å². The number of rotatable bonds is 3. The fourth-order valence-electron chi connectivity index (χ4n) is 2.12. The summed E-state index contributed by atoms with van der Waals surface area (Å²) in [6.07, 6.45) is 3.89. The van der Waals surface area contributed by atoms with Crippen molar-refractivity contribution < 1.29 is 4.57 Å². The molecule has 3 rings (SSSR count). The Morgan fingerprint density at radius 1 is 0.947 bits per heavy atom. The molecule has 0 fully saturated rings. The van der Waals surface area contributed by atoms with Crippen LogP contribution in [0.25, 0.3) is 5.69 Å². The van der Waals surface area contributed by atoms with Crippen LogP contribution in [0.4, 0.5) is 0 Å². The largest absolute Gasteiger partial charge is 0.266 e. The Morgan fingerprint density at radius 3 is 2.26 bits per heavy atom. The van der Waals surface area contributed by atoms with E-state index in [1.807, 2.05) is 53.7 Å². The van der Waals surface area contributed by atoms with Crippen molar-refractivity contribution in [1.29, 1.82) is 0 Å². The van der Waals surface area contributed by atoms with E-state index in [9.17, 15) is 0 Å². The molecule has 0 saturated carbocycles. The zero-order valence-electron chi connectivity index (χ0n) is 10.8. The summed E-state index contributed by atoms with van der Waals surface area (Å²) in [6, 6.07) is 20.8. The third-order valence-electron chi connectivity index (χ3n) is 3.30. The average Bonchev–Trinajstić information content (AvgIpc) is 2.98. The van der Waals surface area contributed by atoms with E-state index in [1.54, 1.807) is 0 Å². The van der Waals surface area contributed by atoms with Gasteiger partial charge in [0.15, 0.2) is 0 Å². The highest BCUT2D eigenvalue weighted by atomic mass is 15.4. The van der Waals surface area contributed by atoms with Crippen molar-refractivity contribution in [3.8, 4) is 5.69 Å². The van der Waals surface area contributed by atoms with Crippen LogP contribution < -0.4 is 4.57 Å². The molecule has 0 unspecified atom stereocenters. The maximum Gasteiger partial charge on any atom is 0.266 e. The molecule has 94 valence electrons. The summed E-state index contributed by atoms with van der Waals surface area (Å²) >= 11 is 0. The Morgan fingerprint density at radius 2 is 1.58 bits per heavy atom. The van der Waals surface area contributed by atoms with E-state index in [1.165, 1.54) is 5.56 Å². The Labute approximate surface area is 112 Å². The first kappa shape index (κ1) is 11.7. The van der Waals surface area contributed by atoms with E-state index in [0.29, 0.717) is 0 Å². The van der Waals surface area contributed by atoms with Gasteiger partial charge in [-0.2, -0.15) is 0 Å². The molecule has 0 aliphatic rings. The number of nitrogens with zero attached hydrogens (tertiary/aromatic N) is 3. The molecule has 0 aliphatic carbocycles. The molecular formula is C16H16N3+. The SMILES string of the molecule is C[C@@H](c1ccccc1)[n+]1cnn(-c2ccccc2)c1. The lowest BCUT2D eigenvalue weighted by molar-refractivity contribution is -0.710. The summed E-state index contributed by atoms with van der Waals surface area (Å²) in [5, 5.41) is 4.41. The van der Waals surface area contributed by atoms with Crippen molar-refractivity contribution in [3.63, 3.8) is 0 Å². The van der Waals surface area contributed by atoms with Gasteiger partial charge in [-0.15, -0.1) is 0 Å². The smallest absolute Gasteiger partial charge is 0.230 e. The van der Waals surface area contributed by atoms with Crippen molar-refractivity contribution >= 4 is 0 Å². The maximum absolute atomic E-state index is 4.41. The highest BCUT2D eigenvalue weighted by molar-refractivity contribution is 5.28. The molecule has 3 heteroatoms. The first-order valence-corrected chi connectivity index (χ1v) is 6.40. The van der Waals surface area contributed by atoms with E-state index in [0.717, 1.165) is 5.69 Å². The van der Waals surface area contributed by atoms with Gasteiger partial charge in [0.05, 0.1) is 0 Å². The van der Waals surface area contributed by atoms with Crippen LogP contribution in [0.15, 0.2) is 73.3 Å². The van der Waals surface area contributed by atoms with Crippen molar-refractivity contribution in [2.75, 3.05) is 0 Å². The molecule has 0 saturated heterocycles. The highest BCUT2D eigenvalue weighted by Crippen LogP contribution is 2.11. The lowest BCUT2D eigenvalue weighted by Crippen LogP contribution is -2.36. The fourth-order valence-corrected chi connectivity index (χ4v) is 2.12. The molecule has 0 bridgehead atoms. The molecule has 0 amide bonds. The van der Waals surface area contributed by atoms with Crippen molar-refractivity contribution in [1.82, 2.24) is 9.78 Å². The first-order valence-electron chi connectivity index (χ1n) is 6.40. The van der Waals surface area contributed by atoms with Gasteiger partial charge in [0.1, 0.15) is 11.7 Å². The molecule has 3 aromatic rings. The molecule has 0 spiro atoms. The van der Waals surface area contributed by atoms with Crippen molar-refractivity contribution in [3.05, 3.63) is 78.9 Å². The summed E-state index contributed by atoms with van der Waals surface area (Å²) in [7, 11) is 0. The number of benzene rings is 2. The van der Waals surface area contributed by atoms with Gasteiger partial charge in [0.2, 0.25) is 6.33 Å². The van der Waals surface area contributed by atoms with Crippen LogP contribution in [-0.4, -0.2) is 9.78 Å². The van der Waals surface area contributed by atoms with E-state index < -0.39 is 0 Å². The maximum atomic E-state index is 4.41. The van der Waals surface area contributed by atoms with Gasteiger partial charge < -0.3 is 0 Å². The second-order valence-corrected chi connectivity index (χ2v) is 4.56. The van der Waals surface area contributed by atoms with Gasteiger partial charge in [-0.3, -0.25) is 0 Å². The summed E-state index contributed by atoms with van der Waals surface area (Å²) in [5.74, 6) is 0. The Balaban J connectivity index is 1.90. The number of hydrogen-bond acceptors (Lipinski definition) is 1. The Bertz CT molecular complexity index is 644. The molecule has 1 atom stereocenters. The molecule has 1 heterocycles. The molecule has 0 radical (unpaired) electrons. The van der Waals surface area contributed by atoms with Gasteiger partial charge in [0.25, 0.3) is 6.33 Å². The van der Waals surface area contributed by atoms with Crippen molar-refractivity contribution in [2.24, 2.45) is 0 Å². The molecular weight excluding hydrogens is 234 g/mol. The number of para-hydroxylation sites is 1. The minimum Gasteiger partial charge on any atom is -0.230 e. The normalized spacial score (nSPS) is 12.3. The van der Waals surface area contributed by atoms with E-state index in [2.05, 4.69) is 40.9 Å². The Kier molecular flexibility index (Phi) is 3.11. The molecule has 2 aromatic carbocycles. The standard InChI is InChI=1S/C16H16N3/c1-14(15-8-4-2-5-9-15)18-12-17-19(13-18)16-10-6-3-7-11-16/h2-14H,1H3/q+1/t14-/m0/s1. The third kappa shape index (κ3) is 2.40. The summed E-state index contributed by atoms with van der Waals surface area (Å²) in [5.41, 5.74) is 2.35. The van der Waals surface area contributed by atoms with Crippen LogP contribution in [0, 0.1) is 0 Å². The fraction of sp³-hybridized carbons (Fsp3) is 0.125. The van der Waals surface area contributed by atoms with E-state index in [4.69, 9.17) is 0 Å². The van der Waals surface area contributed by atoms with E-state index in [-0.39, 0.29) is 6.04 Å². The van der Waals surface area contributed by atoms with Gasteiger partial charge in [-0.1, -0.05) is 53.2 Å². The third-order valence-corrected chi connectivity index (χ3v) is 3.30. The van der Waals surface area contributed by atoms with Crippen LogP contribution >= 0.6 is 0 Å². The number of hydrogen-bond donors (Lipinski definition) is 0. The molecule has 0 N–H and O–H groups in total. The topological polar surface area (TPSA) is 21.7 Å². The lowest BCUT2D eigenvalue weighted by atomic mass is 10.1. The summed E-state index contributed by atoms with van der Waals surface area (Å²) in [6.45, 7) is 2.17. The predicted octanol–water partition coefficient (Wildman–Crippen LogP) is 2.77. The van der Waals surface area contributed by atoms with Gasteiger partial charge in [-0.05, 0) is 24.6 Å². The highest BCUT2D eigenvalue weighted by Gasteiger charge is 2.14. The molecule has 3 nitrogen and oxygen atoms in total. The van der Waals surface area contributed by atoms with Crippen LogP contribution in [0.3, 0.4) is 0 Å². The first-order chi connectivity index (χ1) is 9.34. The van der Waals surface area contributed by atoms with Crippen LogP contribution in [0.2, 0.25) is 0 Å². The Hall–Kier alpha value is -2.42.